The van der Waals surface area contributed by atoms with Gasteiger partial charge >= 0.3 is 0 Å². The average Bonchev–Trinajstić information content (AvgIpc) is 3.28. The van der Waals surface area contributed by atoms with Crippen molar-refractivity contribution in [1.82, 2.24) is 4.90 Å². The third kappa shape index (κ3) is 6.15. The van der Waals surface area contributed by atoms with Crippen molar-refractivity contribution in [3.63, 3.8) is 0 Å². The average molecular weight is 517 g/mol. The van der Waals surface area contributed by atoms with Gasteiger partial charge < -0.3 is 15.2 Å². The number of alkyl halides is 1. The molecule has 5 rings (SSSR count). The Balaban J connectivity index is 1.46. The summed E-state index contributed by atoms with van der Waals surface area (Å²) in [7, 11) is 0. The Morgan fingerprint density at radius 3 is 2.82 bits per heavy atom. The first-order valence-electron chi connectivity index (χ1n) is 14.2. The maximum Gasteiger partial charge on any atom is 0.115 e. The number of nitrogens with one attached hydrogen (secondary N) is 1. The van der Waals surface area contributed by atoms with E-state index in [2.05, 4.69) is 53.6 Å². The van der Waals surface area contributed by atoms with Gasteiger partial charge in [-0.2, -0.15) is 0 Å². The van der Waals surface area contributed by atoms with Crippen LogP contribution in [0.5, 0.6) is 5.75 Å². The van der Waals surface area contributed by atoms with Gasteiger partial charge in [0, 0.05) is 31.9 Å². The highest BCUT2D eigenvalue weighted by Crippen LogP contribution is 2.41. The van der Waals surface area contributed by atoms with Crippen molar-refractivity contribution in [1.29, 1.82) is 0 Å². The Bertz CT molecular complexity index is 1250. The molecule has 1 aliphatic carbocycles. The topological polar surface area (TPSA) is 44.7 Å². The van der Waals surface area contributed by atoms with E-state index < -0.39 is 0 Å². The number of allylic oxidation sites excluding steroid dienone is 6. The molecule has 0 radical (unpaired) electrons. The van der Waals surface area contributed by atoms with Crippen molar-refractivity contribution in [3.05, 3.63) is 82.1 Å². The fraction of sp³-hybridized carbons (Fsp3) is 0.455. The minimum Gasteiger partial charge on any atom is -0.508 e. The quantitative estimate of drug-likeness (QED) is 0.285. The third-order valence-electron chi connectivity index (χ3n) is 8.08. The molecular formula is C33H41FN2O2. The number of aromatic hydroxyl groups is 1. The number of hydrogen-bond acceptors (Lipinski definition) is 4. The fourth-order valence-corrected chi connectivity index (χ4v) is 6.17. The highest BCUT2D eigenvalue weighted by Gasteiger charge is 2.24. The second-order valence-electron chi connectivity index (χ2n) is 10.9. The summed E-state index contributed by atoms with van der Waals surface area (Å²) in [5, 5.41) is 13.8. The van der Waals surface area contributed by atoms with Crippen LogP contribution in [0.2, 0.25) is 0 Å². The van der Waals surface area contributed by atoms with E-state index in [4.69, 9.17) is 4.74 Å². The van der Waals surface area contributed by atoms with Crippen LogP contribution in [-0.4, -0.2) is 49.0 Å². The minimum absolute atomic E-state index is 0.166. The number of halogens is 1. The summed E-state index contributed by atoms with van der Waals surface area (Å²) in [4.78, 5) is 2.29. The molecule has 1 fully saturated rings. The van der Waals surface area contributed by atoms with E-state index in [1.807, 2.05) is 19.1 Å². The van der Waals surface area contributed by atoms with Crippen LogP contribution in [0, 0.1) is 0 Å². The molecule has 2 heterocycles. The molecule has 0 saturated carbocycles. The summed E-state index contributed by atoms with van der Waals surface area (Å²) in [5.41, 5.74) is 10.2. The number of aryl methyl sites for hydroxylation is 2. The Labute approximate surface area is 226 Å². The number of hydrogen-bond donors (Lipinski definition) is 2. The zero-order valence-electron chi connectivity index (χ0n) is 22.9. The van der Waals surface area contributed by atoms with Crippen molar-refractivity contribution < 1.29 is 14.2 Å². The van der Waals surface area contributed by atoms with Crippen LogP contribution in [0.15, 0.2) is 59.9 Å². The van der Waals surface area contributed by atoms with Crippen molar-refractivity contribution in [2.75, 3.05) is 38.2 Å². The van der Waals surface area contributed by atoms with Crippen LogP contribution < -0.4 is 5.32 Å². The predicted molar refractivity (Wildman–Crippen MR) is 155 cm³/mol. The van der Waals surface area contributed by atoms with Crippen LogP contribution in [0.25, 0.3) is 11.1 Å². The second-order valence-corrected chi connectivity index (χ2v) is 10.9. The van der Waals surface area contributed by atoms with Crippen molar-refractivity contribution >= 4 is 16.8 Å². The van der Waals surface area contributed by atoms with Gasteiger partial charge in [-0.3, -0.25) is 9.29 Å². The van der Waals surface area contributed by atoms with E-state index in [1.54, 1.807) is 0 Å². The largest absolute Gasteiger partial charge is 0.508 e. The zero-order chi connectivity index (χ0) is 26.5. The molecule has 0 unspecified atom stereocenters. The normalized spacial score (nSPS) is 20.6. The standard InChI is InChI=1S/C33H41FN2O2/c1-23(9-10-24(2)38-29-15-19-36(22-29)18-5-16-34)33-30(8-3-6-26-20-28(37)13-14-31(26)33)27-12-11-25-7-4-17-35-32(25)21-27/h9-14,20-21,29,35,37H,3-8,15-19,22H2,1-2H3/b23-9+,24-10+/t29-/m0/s1. The summed E-state index contributed by atoms with van der Waals surface area (Å²) in [6, 6.07) is 12.7. The van der Waals surface area contributed by atoms with E-state index in [-0.39, 0.29) is 12.8 Å². The maximum atomic E-state index is 12.5. The van der Waals surface area contributed by atoms with Gasteiger partial charge in [-0.25, -0.2) is 0 Å². The fourth-order valence-electron chi connectivity index (χ4n) is 6.17. The Morgan fingerprint density at radius 2 is 1.95 bits per heavy atom. The van der Waals surface area contributed by atoms with Gasteiger partial charge in [0.1, 0.15) is 11.9 Å². The summed E-state index contributed by atoms with van der Waals surface area (Å²) in [6.07, 6.45) is 11.3. The van der Waals surface area contributed by atoms with Gasteiger partial charge in [0.2, 0.25) is 0 Å². The molecule has 0 spiro atoms. The molecule has 202 valence electrons. The lowest BCUT2D eigenvalue weighted by Gasteiger charge is -2.21. The molecule has 4 nitrogen and oxygen atoms in total. The highest BCUT2D eigenvalue weighted by atomic mass is 19.1. The third-order valence-corrected chi connectivity index (χ3v) is 8.08. The lowest BCUT2D eigenvalue weighted by molar-refractivity contribution is 0.121. The van der Waals surface area contributed by atoms with E-state index >= 15 is 0 Å². The second kappa shape index (κ2) is 12.2. The predicted octanol–water partition coefficient (Wildman–Crippen LogP) is 7.30. The molecule has 3 aliphatic rings. The number of ether oxygens (including phenoxy) is 1. The van der Waals surface area contributed by atoms with E-state index in [9.17, 15) is 9.50 Å². The number of anilines is 1. The van der Waals surface area contributed by atoms with Crippen LogP contribution >= 0.6 is 0 Å². The van der Waals surface area contributed by atoms with E-state index in [0.29, 0.717) is 12.2 Å². The Morgan fingerprint density at radius 1 is 1.08 bits per heavy atom. The van der Waals surface area contributed by atoms with E-state index in [0.717, 1.165) is 64.0 Å². The first kappa shape index (κ1) is 26.6. The van der Waals surface area contributed by atoms with Gasteiger partial charge in [0.05, 0.1) is 12.4 Å². The zero-order valence-corrected chi connectivity index (χ0v) is 22.9. The molecule has 0 bridgehead atoms. The molecule has 2 aromatic rings. The molecule has 1 atom stereocenters. The summed E-state index contributed by atoms with van der Waals surface area (Å²) < 4.78 is 18.8. The summed E-state index contributed by atoms with van der Waals surface area (Å²) in [5.74, 6) is 1.23. The lowest BCUT2D eigenvalue weighted by atomic mass is 9.87. The molecule has 2 aromatic carbocycles. The molecule has 0 aromatic heterocycles. The Hall–Kier alpha value is -3.05. The minimum atomic E-state index is -0.256. The van der Waals surface area contributed by atoms with Crippen LogP contribution in [0.3, 0.4) is 0 Å². The first-order valence-corrected chi connectivity index (χ1v) is 14.2. The molecule has 5 heteroatoms. The smallest absolute Gasteiger partial charge is 0.115 e. The Kier molecular flexibility index (Phi) is 8.53. The van der Waals surface area contributed by atoms with Crippen molar-refractivity contribution in [2.24, 2.45) is 0 Å². The van der Waals surface area contributed by atoms with Gasteiger partial charge in [-0.1, -0.05) is 24.3 Å². The number of likely N-dealkylation sites (tertiary alicyclic amines) is 1. The number of benzene rings is 2. The number of fused-ring (bicyclic) bond motifs is 2. The van der Waals surface area contributed by atoms with Gasteiger partial charge in [-0.15, -0.1) is 0 Å². The number of phenolic OH excluding ortho intramolecular Hbond substituents is 1. The van der Waals surface area contributed by atoms with Gasteiger partial charge in [0.15, 0.2) is 0 Å². The van der Waals surface area contributed by atoms with Gasteiger partial charge in [-0.05, 0) is 122 Å². The van der Waals surface area contributed by atoms with E-state index in [1.165, 1.54) is 51.1 Å². The monoisotopic (exact) mass is 516 g/mol. The number of nitrogens with zero attached hydrogens (tertiary/aromatic N) is 1. The molecule has 2 N–H and O–H groups in total. The molecule has 38 heavy (non-hydrogen) atoms. The van der Waals surface area contributed by atoms with Crippen LogP contribution in [-0.2, 0) is 17.6 Å². The first-order chi connectivity index (χ1) is 18.5. The molecule has 0 amide bonds. The number of phenols is 1. The molecule has 1 saturated heterocycles. The van der Waals surface area contributed by atoms with Crippen LogP contribution in [0.1, 0.15) is 68.2 Å². The molecule has 2 aliphatic heterocycles. The lowest BCUT2D eigenvalue weighted by Crippen LogP contribution is -2.24. The number of rotatable bonds is 8. The summed E-state index contributed by atoms with van der Waals surface area (Å²) in [6.45, 7) is 7.64. The SMILES string of the molecule is C/C(=C\C=C(/C)C1=C(c2ccc3c(c2)NCCC3)CCCc2cc(O)ccc21)O[C@H]1CCN(CCCF)C1. The van der Waals surface area contributed by atoms with Crippen molar-refractivity contribution in [3.8, 4) is 5.75 Å². The van der Waals surface area contributed by atoms with Crippen LogP contribution in [0.4, 0.5) is 10.1 Å². The molecular weight excluding hydrogens is 475 g/mol. The van der Waals surface area contributed by atoms with Crippen molar-refractivity contribution in [2.45, 2.75) is 64.9 Å². The van der Waals surface area contributed by atoms with Gasteiger partial charge in [0.25, 0.3) is 0 Å². The maximum absolute atomic E-state index is 12.5. The summed E-state index contributed by atoms with van der Waals surface area (Å²) >= 11 is 0. The highest BCUT2D eigenvalue weighted by molar-refractivity contribution is 6.00.